The van der Waals surface area contributed by atoms with Crippen LogP contribution in [-0.4, -0.2) is 36.1 Å². The Bertz CT molecular complexity index is 767. The summed E-state index contributed by atoms with van der Waals surface area (Å²) in [7, 11) is 2.37. The average Bonchev–Trinajstić information content (AvgIpc) is 2.55. The van der Waals surface area contributed by atoms with Crippen molar-refractivity contribution >= 4 is 34.9 Å². The molecule has 0 saturated heterocycles. The quantitative estimate of drug-likeness (QED) is 0.560. The van der Waals surface area contributed by atoms with Gasteiger partial charge in [-0.2, -0.15) is 0 Å². The van der Waals surface area contributed by atoms with Crippen molar-refractivity contribution in [3.8, 4) is 11.1 Å². The second-order valence-corrected chi connectivity index (χ2v) is 4.67. The molecule has 10 nitrogen and oxygen atoms in total. The van der Waals surface area contributed by atoms with Gasteiger partial charge in [0.1, 0.15) is 22.8 Å². The minimum absolute atomic E-state index is 0.0107. The fourth-order valence-corrected chi connectivity index (χ4v) is 2.14. The molecule has 0 aromatic carbocycles. The molecule has 2 heterocycles. The van der Waals surface area contributed by atoms with Crippen LogP contribution in [0.3, 0.4) is 0 Å². The first-order valence-corrected chi connectivity index (χ1v) is 6.58. The predicted molar refractivity (Wildman–Crippen MR) is 87.8 cm³/mol. The van der Waals surface area contributed by atoms with Crippen LogP contribution in [0.4, 0.5) is 23.0 Å². The molecule has 0 aliphatic rings. The number of rotatable bonds is 3. The molecular weight excluding hydrogens is 316 g/mol. The largest absolute Gasteiger partial charge is 0.465 e. The molecule has 2 rings (SSSR count). The number of carbonyl (C=O) groups excluding carboxylic acids is 2. The number of anilines is 4. The number of pyridine rings is 2. The van der Waals surface area contributed by atoms with E-state index in [-0.39, 0.29) is 45.3 Å². The molecule has 0 bridgehead atoms. The Labute approximate surface area is 136 Å². The number of nitrogens with zero attached hydrogens (tertiary/aromatic N) is 2. The van der Waals surface area contributed by atoms with Crippen LogP contribution in [0, 0.1) is 0 Å². The van der Waals surface area contributed by atoms with E-state index >= 15 is 0 Å². The molecule has 0 aliphatic heterocycles. The summed E-state index contributed by atoms with van der Waals surface area (Å²) in [5.41, 5.74) is 23.6. The molecule has 0 saturated carbocycles. The van der Waals surface area contributed by atoms with Crippen LogP contribution < -0.4 is 22.9 Å². The molecule has 10 heteroatoms. The molecule has 2 aromatic heterocycles. The van der Waals surface area contributed by atoms with Crippen LogP contribution in [-0.2, 0) is 9.47 Å². The van der Waals surface area contributed by atoms with Gasteiger partial charge in [0.15, 0.2) is 0 Å². The van der Waals surface area contributed by atoms with Gasteiger partial charge in [0.2, 0.25) is 0 Å². The highest BCUT2D eigenvalue weighted by Crippen LogP contribution is 2.36. The maximum atomic E-state index is 11.8. The van der Waals surface area contributed by atoms with E-state index in [1.54, 1.807) is 0 Å². The van der Waals surface area contributed by atoms with Gasteiger partial charge in [0.25, 0.3) is 0 Å². The standard InChI is InChI=1S/C14H16N6O4/c1-23-13(21)7-9(15)5(3-19-11(7)17)6-4-20-12(18)8(10(6)16)14(22)24-2/h3-4H,1-2H3,(H4,15,17,19)(H4,16,18,20). The van der Waals surface area contributed by atoms with Gasteiger partial charge in [-0.25, -0.2) is 19.6 Å². The van der Waals surface area contributed by atoms with Gasteiger partial charge in [-0.1, -0.05) is 0 Å². The van der Waals surface area contributed by atoms with Crippen molar-refractivity contribution in [3.05, 3.63) is 23.5 Å². The fourth-order valence-electron chi connectivity index (χ4n) is 2.14. The van der Waals surface area contributed by atoms with Crippen molar-refractivity contribution in [2.45, 2.75) is 0 Å². The summed E-state index contributed by atoms with van der Waals surface area (Å²) in [5.74, 6) is -1.71. The van der Waals surface area contributed by atoms with E-state index in [4.69, 9.17) is 22.9 Å². The monoisotopic (exact) mass is 332 g/mol. The minimum atomic E-state index is -0.755. The number of aromatic nitrogens is 2. The highest BCUT2D eigenvalue weighted by molar-refractivity contribution is 6.07. The summed E-state index contributed by atoms with van der Waals surface area (Å²) in [6.07, 6.45) is 2.61. The zero-order chi connectivity index (χ0) is 18.0. The zero-order valence-electron chi connectivity index (χ0n) is 13.0. The van der Waals surface area contributed by atoms with E-state index in [0.717, 1.165) is 0 Å². The van der Waals surface area contributed by atoms with Crippen LogP contribution in [0.25, 0.3) is 11.1 Å². The third-order valence-corrected chi connectivity index (χ3v) is 3.37. The number of ether oxygens (including phenoxy) is 2. The lowest BCUT2D eigenvalue weighted by Gasteiger charge is -2.15. The Kier molecular flexibility index (Phi) is 4.40. The molecule has 8 N–H and O–H groups in total. The van der Waals surface area contributed by atoms with E-state index in [1.807, 2.05) is 0 Å². The number of methoxy groups -OCH3 is 2. The van der Waals surface area contributed by atoms with Gasteiger partial charge in [-0.05, 0) is 0 Å². The summed E-state index contributed by atoms with van der Waals surface area (Å²) in [5, 5.41) is 0. The molecule has 0 spiro atoms. The van der Waals surface area contributed by atoms with Gasteiger partial charge in [0.05, 0.1) is 25.6 Å². The van der Waals surface area contributed by atoms with Crippen molar-refractivity contribution in [2.75, 3.05) is 37.2 Å². The van der Waals surface area contributed by atoms with Crippen LogP contribution in [0.15, 0.2) is 12.4 Å². The lowest BCUT2D eigenvalue weighted by atomic mass is 10.00. The normalized spacial score (nSPS) is 10.2. The van der Waals surface area contributed by atoms with Crippen molar-refractivity contribution in [1.82, 2.24) is 9.97 Å². The van der Waals surface area contributed by atoms with Crippen LogP contribution >= 0.6 is 0 Å². The lowest BCUT2D eigenvalue weighted by molar-refractivity contribution is 0.0593. The van der Waals surface area contributed by atoms with Gasteiger partial charge in [-0.15, -0.1) is 0 Å². The highest BCUT2D eigenvalue weighted by Gasteiger charge is 2.24. The first-order valence-electron chi connectivity index (χ1n) is 6.58. The average molecular weight is 332 g/mol. The summed E-state index contributed by atoms with van der Waals surface area (Å²) in [4.78, 5) is 31.5. The number of nitrogens with two attached hydrogens (primary N) is 4. The number of hydrogen-bond donors (Lipinski definition) is 4. The molecule has 0 aliphatic carbocycles. The topological polar surface area (TPSA) is 182 Å². The van der Waals surface area contributed by atoms with Gasteiger partial charge < -0.3 is 32.4 Å². The van der Waals surface area contributed by atoms with E-state index in [9.17, 15) is 9.59 Å². The van der Waals surface area contributed by atoms with Crippen molar-refractivity contribution < 1.29 is 19.1 Å². The molecule has 0 amide bonds. The smallest absolute Gasteiger partial charge is 0.343 e. The molecule has 2 aromatic rings. The Hall–Kier alpha value is -3.56. The molecule has 0 radical (unpaired) electrons. The summed E-state index contributed by atoms with van der Waals surface area (Å²) >= 11 is 0. The number of nitrogen functional groups attached to an aromatic ring is 4. The van der Waals surface area contributed by atoms with Crippen LogP contribution in [0.1, 0.15) is 20.7 Å². The van der Waals surface area contributed by atoms with Crippen molar-refractivity contribution in [2.24, 2.45) is 0 Å². The van der Waals surface area contributed by atoms with Gasteiger partial charge in [0, 0.05) is 23.5 Å². The Balaban J connectivity index is 2.75. The predicted octanol–water partition coefficient (Wildman–Crippen LogP) is 0.0456. The van der Waals surface area contributed by atoms with Gasteiger partial charge in [-0.3, -0.25) is 0 Å². The van der Waals surface area contributed by atoms with E-state index in [1.165, 1.54) is 26.6 Å². The maximum Gasteiger partial charge on any atom is 0.343 e. The Morgan fingerprint density at radius 1 is 0.792 bits per heavy atom. The van der Waals surface area contributed by atoms with Crippen molar-refractivity contribution in [3.63, 3.8) is 0 Å². The first-order chi connectivity index (χ1) is 11.3. The number of carbonyl (C=O) groups is 2. The Morgan fingerprint density at radius 2 is 1.12 bits per heavy atom. The minimum Gasteiger partial charge on any atom is -0.465 e. The lowest BCUT2D eigenvalue weighted by Crippen LogP contribution is -2.14. The second-order valence-electron chi connectivity index (χ2n) is 4.67. The SMILES string of the molecule is COC(=O)c1c(N)ncc(-c2cnc(N)c(C(=O)OC)c2N)c1N. The third-order valence-electron chi connectivity index (χ3n) is 3.37. The zero-order valence-corrected chi connectivity index (χ0v) is 13.0. The van der Waals surface area contributed by atoms with Crippen LogP contribution in [0.5, 0.6) is 0 Å². The molecule has 0 fully saturated rings. The summed E-state index contributed by atoms with van der Waals surface area (Å²) in [6, 6.07) is 0. The number of esters is 2. The van der Waals surface area contributed by atoms with E-state index in [2.05, 4.69) is 19.4 Å². The summed E-state index contributed by atoms with van der Waals surface area (Å²) in [6.45, 7) is 0. The first kappa shape index (κ1) is 16.8. The highest BCUT2D eigenvalue weighted by atomic mass is 16.5. The van der Waals surface area contributed by atoms with Gasteiger partial charge >= 0.3 is 11.9 Å². The number of hydrogen-bond acceptors (Lipinski definition) is 10. The Morgan fingerprint density at radius 3 is 1.42 bits per heavy atom. The second kappa shape index (κ2) is 6.28. The third kappa shape index (κ3) is 2.60. The molecule has 126 valence electrons. The maximum absolute atomic E-state index is 11.8. The van der Waals surface area contributed by atoms with Crippen LogP contribution in [0.2, 0.25) is 0 Å². The molecule has 0 atom stereocenters. The molecule has 24 heavy (non-hydrogen) atoms. The van der Waals surface area contributed by atoms with E-state index < -0.39 is 11.9 Å². The summed E-state index contributed by atoms with van der Waals surface area (Å²) < 4.78 is 9.28. The van der Waals surface area contributed by atoms with Crippen molar-refractivity contribution in [1.29, 1.82) is 0 Å². The fraction of sp³-hybridized carbons (Fsp3) is 0.143. The van der Waals surface area contributed by atoms with E-state index in [0.29, 0.717) is 0 Å². The molecular formula is C14H16N6O4. The molecule has 0 unspecified atom stereocenters.